The Labute approximate surface area is 104 Å². The first-order valence-corrected chi connectivity index (χ1v) is 6.51. The van der Waals surface area contributed by atoms with Gasteiger partial charge in [-0.2, -0.15) is 0 Å². The van der Waals surface area contributed by atoms with Crippen molar-refractivity contribution >= 4 is 5.91 Å². The molecule has 0 aliphatic heterocycles. The van der Waals surface area contributed by atoms with E-state index in [1.807, 2.05) is 32.0 Å². The first kappa shape index (κ1) is 13.8. The standard InChI is InChI=1S/C15H23NO/c1-4-5-6-7-11-16-15(17)14-10-8-9-12(2)13(14)3/h8-10H,4-7,11H2,1-3H3,(H,16,17). The summed E-state index contributed by atoms with van der Waals surface area (Å²) in [6.07, 6.45) is 4.75. The predicted octanol–water partition coefficient (Wildman–Crippen LogP) is 3.61. The molecule has 0 saturated carbocycles. The Morgan fingerprint density at radius 1 is 1.18 bits per heavy atom. The summed E-state index contributed by atoms with van der Waals surface area (Å²) < 4.78 is 0. The fraction of sp³-hybridized carbons (Fsp3) is 0.533. The molecule has 2 heteroatoms. The molecule has 1 rings (SSSR count). The minimum absolute atomic E-state index is 0.0581. The van der Waals surface area contributed by atoms with Gasteiger partial charge in [-0.3, -0.25) is 4.79 Å². The van der Waals surface area contributed by atoms with Crippen molar-refractivity contribution in [3.63, 3.8) is 0 Å². The topological polar surface area (TPSA) is 29.1 Å². The SMILES string of the molecule is CCCCCCNC(=O)c1cccc(C)c1C. The molecule has 1 amide bonds. The third-order valence-electron chi connectivity index (χ3n) is 3.17. The maximum Gasteiger partial charge on any atom is 0.251 e. The molecule has 0 atom stereocenters. The van der Waals surface area contributed by atoms with Gasteiger partial charge >= 0.3 is 0 Å². The van der Waals surface area contributed by atoms with E-state index in [1.165, 1.54) is 24.8 Å². The molecule has 94 valence electrons. The number of aryl methyl sites for hydroxylation is 1. The molecule has 1 aromatic carbocycles. The van der Waals surface area contributed by atoms with E-state index >= 15 is 0 Å². The van der Waals surface area contributed by atoms with Crippen LogP contribution in [0.4, 0.5) is 0 Å². The van der Waals surface area contributed by atoms with Crippen LogP contribution in [-0.4, -0.2) is 12.5 Å². The average Bonchev–Trinajstić information content (AvgIpc) is 2.32. The maximum atomic E-state index is 11.9. The fourth-order valence-corrected chi connectivity index (χ4v) is 1.85. The van der Waals surface area contributed by atoms with Crippen LogP contribution in [0.1, 0.15) is 54.1 Å². The molecule has 0 unspecified atom stereocenters. The number of amides is 1. The van der Waals surface area contributed by atoms with Gasteiger partial charge in [0.2, 0.25) is 0 Å². The van der Waals surface area contributed by atoms with Gasteiger partial charge in [0.05, 0.1) is 0 Å². The van der Waals surface area contributed by atoms with Gasteiger partial charge in [-0.1, -0.05) is 38.3 Å². The average molecular weight is 233 g/mol. The van der Waals surface area contributed by atoms with E-state index in [0.717, 1.165) is 24.1 Å². The van der Waals surface area contributed by atoms with Crippen LogP contribution in [0.25, 0.3) is 0 Å². The molecule has 17 heavy (non-hydrogen) atoms. The maximum absolute atomic E-state index is 11.9. The van der Waals surface area contributed by atoms with Crippen molar-refractivity contribution < 1.29 is 4.79 Å². The lowest BCUT2D eigenvalue weighted by atomic mass is 10.0. The largest absolute Gasteiger partial charge is 0.352 e. The second kappa shape index (κ2) is 7.10. The zero-order chi connectivity index (χ0) is 12.7. The van der Waals surface area contributed by atoms with E-state index in [1.54, 1.807) is 0 Å². The molecule has 1 N–H and O–H groups in total. The van der Waals surface area contributed by atoms with Crippen LogP contribution in [0.2, 0.25) is 0 Å². The van der Waals surface area contributed by atoms with Crippen LogP contribution >= 0.6 is 0 Å². The first-order valence-electron chi connectivity index (χ1n) is 6.51. The highest BCUT2D eigenvalue weighted by Crippen LogP contribution is 2.12. The lowest BCUT2D eigenvalue weighted by molar-refractivity contribution is 0.0952. The molecule has 0 radical (unpaired) electrons. The van der Waals surface area contributed by atoms with E-state index < -0.39 is 0 Å². The molecule has 0 fully saturated rings. The summed E-state index contributed by atoms with van der Waals surface area (Å²) in [5.41, 5.74) is 3.06. The second-order valence-electron chi connectivity index (χ2n) is 4.56. The van der Waals surface area contributed by atoms with Crippen molar-refractivity contribution in [1.29, 1.82) is 0 Å². The summed E-state index contributed by atoms with van der Waals surface area (Å²) in [5.74, 6) is 0.0581. The third-order valence-corrected chi connectivity index (χ3v) is 3.17. The Hall–Kier alpha value is -1.31. The predicted molar refractivity (Wildman–Crippen MR) is 72.4 cm³/mol. The molecule has 1 aromatic rings. The van der Waals surface area contributed by atoms with E-state index in [9.17, 15) is 4.79 Å². The highest BCUT2D eigenvalue weighted by molar-refractivity contribution is 5.95. The molecule has 0 spiro atoms. The van der Waals surface area contributed by atoms with Gasteiger partial charge in [0.25, 0.3) is 5.91 Å². The van der Waals surface area contributed by atoms with Gasteiger partial charge in [0.15, 0.2) is 0 Å². The van der Waals surface area contributed by atoms with Crippen molar-refractivity contribution in [2.24, 2.45) is 0 Å². The van der Waals surface area contributed by atoms with Crippen LogP contribution in [-0.2, 0) is 0 Å². The number of carbonyl (C=O) groups excluding carboxylic acids is 1. The minimum atomic E-state index is 0.0581. The smallest absolute Gasteiger partial charge is 0.251 e. The summed E-state index contributed by atoms with van der Waals surface area (Å²) >= 11 is 0. The lowest BCUT2D eigenvalue weighted by Gasteiger charge is -2.09. The Morgan fingerprint density at radius 3 is 2.65 bits per heavy atom. The Bertz CT molecular complexity index is 371. The molecule has 0 aliphatic carbocycles. The summed E-state index contributed by atoms with van der Waals surface area (Å²) in [7, 11) is 0. The highest BCUT2D eigenvalue weighted by atomic mass is 16.1. The van der Waals surface area contributed by atoms with Crippen molar-refractivity contribution in [1.82, 2.24) is 5.32 Å². The van der Waals surface area contributed by atoms with Crippen LogP contribution in [0, 0.1) is 13.8 Å². The lowest BCUT2D eigenvalue weighted by Crippen LogP contribution is -2.25. The zero-order valence-corrected chi connectivity index (χ0v) is 11.2. The van der Waals surface area contributed by atoms with Gasteiger partial charge < -0.3 is 5.32 Å². The number of hydrogen-bond donors (Lipinski definition) is 1. The quantitative estimate of drug-likeness (QED) is 0.747. The van der Waals surface area contributed by atoms with Gasteiger partial charge in [0.1, 0.15) is 0 Å². The number of rotatable bonds is 6. The van der Waals surface area contributed by atoms with Crippen molar-refractivity contribution in [3.8, 4) is 0 Å². The fourth-order valence-electron chi connectivity index (χ4n) is 1.85. The summed E-state index contributed by atoms with van der Waals surface area (Å²) in [5, 5.41) is 2.99. The van der Waals surface area contributed by atoms with Gasteiger partial charge in [0, 0.05) is 12.1 Å². The summed E-state index contributed by atoms with van der Waals surface area (Å²) in [4.78, 5) is 11.9. The molecule has 0 heterocycles. The molecule has 0 aliphatic rings. The Balaban J connectivity index is 2.44. The molecule has 2 nitrogen and oxygen atoms in total. The van der Waals surface area contributed by atoms with Crippen molar-refractivity contribution in [3.05, 3.63) is 34.9 Å². The number of benzene rings is 1. The van der Waals surface area contributed by atoms with Crippen LogP contribution in [0.5, 0.6) is 0 Å². The van der Waals surface area contributed by atoms with E-state index in [0.29, 0.717) is 0 Å². The summed E-state index contributed by atoms with van der Waals surface area (Å²) in [6.45, 7) is 7.01. The molecule has 0 bridgehead atoms. The molecular formula is C15H23NO. The Kier molecular flexibility index (Phi) is 5.75. The van der Waals surface area contributed by atoms with Gasteiger partial charge in [-0.05, 0) is 37.5 Å². The van der Waals surface area contributed by atoms with Gasteiger partial charge in [-0.15, -0.1) is 0 Å². The number of hydrogen-bond acceptors (Lipinski definition) is 1. The number of nitrogens with one attached hydrogen (secondary N) is 1. The molecular weight excluding hydrogens is 210 g/mol. The van der Waals surface area contributed by atoms with Crippen molar-refractivity contribution in [2.75, 3.05) is 6.54 Å². The van der Waals surface area contributed by atoms with Gasteiger partial charge in [-0.25, -0.2) is 0 Å². The van der Waals surface area contributed by atoms with E-state index in [4.69, 9.17) is 0 Å². The van der Waals surface area contributed by atoms with Crippen LogP contribution in [0.15, 0.2) is 18.2 Å². The monoisotopic (exact) mass is 233 g/mol. The normalized spacial score (nSPS) is 10.3. The van der Waals surface area contributed by atoms with Crippen LogP contribution < -0.4 is 5.32 Å². The van der Waals surface area contributed by atoms with E-state index in [-0.39, 0.29) is 5.91 Å². The third kappa shape index (κ3) is 4.22. The number of unbranched alkanes of at least 4 members (excludes halogenated alkanes) is 3. The Morgan fingerprint density at radius 2 is 1.94 bits per heavy atom. The summed E-state index contributed by atoms with van der Waals surface area (Å²) in [6, 6.07) is 5.87. The van der Waals surface area contributed by atoms with Crippen molar-refractivity contribution in [2.45, 2.75) is 46.5 Å². The minimum Gasteiger partial charge on any atom is -0.352 e. The first-order chi connectivity index (χ1) is 8.16. The molecule has 0 aromatic heterocycles. The second-order valence-corrected chi connectivity index (χ2v) is 4.56. The number of carbonyl (C=O) groups is 1. The van der Waals surface area contributed by atoms with Crippen LogP contribution in [0.3, 0.4) is 0 Å². The highest BCUT2D eigenvalue weighted by Gasteiger charge is 2.08. The molecule has 0 saturated heterocycles. The van der Waals surface area contributed by atoms with E-state index in [2.05, 4.69) is 12.2 Å². The zero-order valence-electron chi connectivity index (χ0n) is 11.2.